The SMILES string of the molecule is CN(C)CCSc1nnc(-c2cccc(Br)c2)n1C1CCCCC1. The van der Waals surface area contributed by atoms with Crippen molar-refractivity contribution in [2.45, 2.75) is 43.3 Å². The summed E-state index contributed by atoms with van der Waals surface area (Å²) in [5.74, 6) is 2.05. The monoisotopic (exact) mass is 408 g/mol. The van der Waals surface area contributed by atoms with Gasteiger partial charge in [-0.2, -0.15) is 0 Å². The van der Waals surface area contributed by atoms with Crippen molar-refractivity contribution in [3.8, 4) is 11.4 Å². The highest BCUT2D eigenvalue weighted by Crippen LogP contribution is 2.35. The molecule has 0 spiro atoms. The molecule has 130 valence electrons. The van der Waals surface area contributed by atoms with Crippen LogP contribution in [0.3, 0.4) is 0 Å². The third-order valence-corrected chi connectivity index (χ3v) is 5.87. The van der Waals surface area contributed by atoms with Crippen molar-refractivity contribution in [1.29, 1.82) is 0 Å². The summed E-state index contributed by atoms with van der Waals surface area (Å²) in [4.78, 5) is 2.21. The number of rotatable bonds is 6. The van der Waals surface area contributed by atoms with Gasteiger partial charge in [0, 0.05) is 28.4 Å². The van der Waals surface area contributed by atoms with E-state index in [2.05, 4.69) is 74.0 Å². The van der Waals surface area contributed by atoms with Crippen LogP contribution in [0.2, 0.25) is 0 Å². The van der Waals surface area contributed by atoms with Crippen LogP contribution >= 0.6 is 27.7 Å². The van der Waals surface area contributed by atoms with E-state index < -0.39 is 0 Å². The molecule has 1 saturated carbocycles. The molecule has 1 heterocycles. The topological polar surface area (TPSA) is 34.0 Å². The normalized spacial score (nSPS) is 16.0. The maximum absolute atomic E-state index is 4.56. The van der Waals surface area contributed by atoms with Crippen molar-refractivity contribution in [3.05, 3.63) is 28.7 Å². The number of nitrogens with zero attached hydrogens (tertiary/aromatic N) is 4. The minimum absolute atomic E-state index is 0.532. The van der Waals surface area contributed by atoms with Crippen LogP contribution < -0.4 is 0 Å². The summed E-state index contributed by atoms with van der Waals surface area (Å²) in [7, 11) is 4.22. The van der Waals surface area contributed by atoms with E-state index in [1.165, 1.54) is 32.1 Å². The largest absolute Gasteiger partial charge is 0.309 e. The third kappa shape index (κ3) is 4.41. The molecule has 0 amide bonds. The van der Waals surface area contributed by atoms with Crippen molar-refractivity contribution < 1.29 is 0 Å². The van der Waals surface area contributed by atoms with E-state index in [1.807, 2.05) is 11.8 Å². The molecule has 0 unspecified atom stereocenters. The molecule has 1 fully saturated rings. The van der Waals surface area contributed by atoms with Crippen LogP contribution in [0.25, 0.3) is 11.4 Å². The van der Waals surface area contributed by atoms with E-state index >= 15 is 0 Å². The van der Waals surface area contributed by atoms with E-state index in [0.29, 0.717) is 6.04 Å². The van der Waals surface area contributed by atoms with Crippen LogP contribution in [-0.4, -0.2) is 46.1 Å². The van der Waals surface area contributed by atoms with Gasteiger partial charge in [0.1, 0.15) is 0 Å². The Hall–Kier alpha value is -0.850. The highest BCUT2D eigenvalue weighted by molar-refractivity contribution is 9.10. The predicted molar refractivity (Wildman–Crippen MR) is 105 cm³/mol. The molecule has 1 aliphatic carbocycles. The van der Waals surface area contributed by atoms with Crippen molar-refractivity contribution in [1.82, 2.24) is 19.7 Å². The van der Waals surface area contributed by atoms with Crippen LogP contribution in [0.15, 0.2) is 33.9 Å². The second-order valence-corrected chi connectivity index (χ2v) is 8.61. The molecule has 1 aliphatic rings. The van der Waals surface area contributed by atoms with Gasteiger partial charge in [0.2, 0.25) is 0 Å². The van der Waals surface area contributed by atoms with Gasteiger partial charge in [-0.05, 0) is 39.1 Å². The van der Waals surface area contributed by atoms with E-state index in [1.54, 1.807) is 0 Å². The summed E-state index contributed by atoms with van der Waals surface area (Å²) in [6.45, 7) is 1.05. The average molecular weight is 409 g/mol. The lowest BCUT2D eigenvalue weighted by atomic mass is 9.95. The lowest BCUT2D eigenvalue weighted by molar-refractivity contribution is 0.339. The molecule has 6 heteroatoms. The number of hydrogen-bond donors (Lipinski definition) is 0. The highest BCUT2D eigenvalue weighted by atomic mass is 79.9. The van der Waals surface area contributed by atoms with Crippen molar-refractivity contribution >= 4 is 27.7 Å². The molecule has 0 saturated heterocycles. The molecule has 0 atom stereocenters. The molecule has 2 aromatic rings. The van der Waals surface area contributed by atoms with E-state index in [-0.39, 0.29) is 0 Å². The van der Waals surface area contributed by atoms with E-state index in [4.69, 9.17) is 0 Å². The molecule has 24 heavy (non-hydrogen) atoms. The lowest BCUT2D eigenvalue weighted by Gasteiger charge is -2.25. The Morgan fingerprint density at radius 2 is 2.00 bits per heavy atom. The zero-order valence-corrected chi connectivity index (χ0v) is 16.8. The zero-order chi connectivity index (χ0) is 16.9. The maximum Gasteiger partial charge on any atom is 0.191 e. The van der Waals surface area contributed by atoms with Crippen LogP contribution in [-0.2, 0) is 0 Å². The second kappa shape index (κ2) is 8.50. The van der Waals surface area contributed by atoms with Crippen LogP contribution in [0, 0.1) is 0 Å². The molecule has 1 aromatic carbocycles. The first kappa shape index (κ1) is 18.0. The van der Waals surface area contributed by atoms with Crippen LogP contribution in [0.5, 0.6) is 0 Å². The first-order chi connectivity index (χ1) is 11.6. The first-order valence-electron chi connectivity index (χ1n) is 8.63. The van der Waals surface area contributed by atoms with Crippen molar-refractivity contribution in [2.75, 3.05) is 26.4 Å². The number of thioether (sulfide) groups is 1. The fraction of sp³-hybridized carbons (Fsp3) is 0.556. The van der Waals surface area contributed by atoms with E-state index in [9.17, 15) is 0 Å². The summed E-state index contributed by atoms with van der Waals surface area (Å²) in [5.41, 5.74) is 1.14. The van der Waals surface area contributed by atoms with Gasteiger partial charge in [-0.15, -0.1) is 10.2 Å². The van der Waals surface area contributed by atoms with Crippen molar-refractivity contribution in [2.24, 2.45) is 0 Å². The summed E-state index contributed by atoms with van der Waals surface area (Å²) in [5, 5.41) is 10.2. The molecule has 0 radical (unpaired) electrons. The second-order valence-electron chi connectivity index (χ2n) is 6.63. The molecule has 1 aromatic heterocycles. The molecular weight excluding hydrogens is 384 g/mol. The number of halogens is 1. The maximum atomic E-state index is 4.56. The quantitative estimate of drug-likeness (QED) is 0.638. The van der Waals surface area contributed by atoms with Gasteiger partial charge in [-0.3, -0.25) is 4.57 Å². The highest BCUT2D eigenvalue weighted by Gasteiger charge is 2.23. The molecule has 0 N–H and O–H groups in total. The van der Waals surface area contributed by atoms with Crippen LogP contribution in [0.4, 0.5) is 0 Å². The Bertz CT molecular complexity index is 665. The fourth-order valence-corrected chi connectivity index (χ4v) is 4.70. The summed E-state index contributed by atoms with van der Waals surface area (Å²) < 4.78 is 3.49. The Morgan fingerprint density at radius 3 is 2.71 bits per heavy atom. The molecule has 0 bridgehead atoms. The molecule has 4 nitrogen and oxygen atoms in total. The van der Waals surface area contributed by atoms with Gasteiger partial charge in [-0.1, -0.05) is 59.1 Å². The molecular formula is C18H25BrN4S. The van der Waals surface area contributed by atoms with Gasteiger partial charge in [0.05, 0.1) is 0 Å². The smallest absolute Gasteiger partial charge is 0.191 e. The average Bonchev–Trinajstić information content (AvgIpc) is 2.99. The Morgan fingerprint density at radius 1 is 1.21 bits per heavy atom. The van der Waals surface area contributed by atoms with Crippen LogP contribution in [0.1, 0.15) is 38.1 Å². The predicted octanol–water partition coefficient (Wildman–Crippen LogP) is 4.87. The minimum atomic E-state index is 0.532. The zero-order valence-electron chi connectivity index (χ0n) is 14.4. The van der Waals surface area contributed by atoms with Gasteiger partial charge in [0.15, 0.2) is 11.0 Å². The summed E-state index contributed by atoms with van der Waals surface area (Å²) in [6, 6.07) is 8.92. The van der Waals surface area contributed by atoms with Gasteiger partial charge in [-0.25, -0.2) is 0 Å². The van der Waals surface area contributed by atoms with E-state index in [0.717, 1.165) is 33.3 Å². The Kier molecular flexibility index (Phi) is 6.36. The number of aromatic nitrogens is 3. The Balaban J connectivity index is 1.91. The minimum Gasteiger partial charge on any atom is -0.309 e. The molecule has 3 rings (SSSR count). The third-order valence-electron chi connectivity index (χ3n) is 4.46. The Labute approximate surface area is 157 Å². The summed E-state index contributed by atoms with van der Waals surface area (Å²) >= 11 is 5.40. The van der Waals surface area contributed by atoms with Gasteiger partial charge in [0.25, 0.3) is 0 Å². The number of benzene rings is 1. The lowest BCUT2D eigenvalue weighted by Crippen LogP contribution is -2.17. The number of hydrogen-bond acceptors (Lipinski definition) is 4. The fourth-order valence-electron chi connectivity index (χ4n) is 3.19. The standard InChI is InChI=1S/C18H25BrN4S/c1-22(2)11-12-24-18-21-20-17(14-7-6-8-15(19)13-14)23(18)16-9-4-3-5-10-16/h6-8,13,16H,3-5,9-12H2,1-2H3. The first-order valence-corrected chi connectivity index (χ1v) is 10.4. The van der Waals surface area contributed by atoms with Gasteiger partial charge < -0.3 is 4.90 Å². The van der Waals surface area contributed by atoms with Crippen molar-refractivity contribution in [3.63, 3.8) is 0 Å². The van der Waals surface area contributed by atoms with Gasteiger partial charge >= 0.3 is 0 Å². The molecule has 0 aliphatic heterocycles. The summed E-state index contributed by atoms with van der Waals surface area (Å²) in [6.07, 6.45) is 6.44.